The number of aromatic nitrogens is 2. The van der Waals surface area contributed by atoms with Crippen molar-refractivity contribution in [3.8, 4) is 10.7 Å². The number of hydrogen-bond acceptors (Lipinski definition) is 5. The Morgan fingerprint density at radius 1 is 1.31 bits per heavy atom. The number of benzene rings is 1. The van der Waals surface area contributed by atoms with Gasteiger partial charge in [-0.1, -0.05) is 18.2 Å². The molecule has 132 valence electrons. The molecule has 4 rings (SSSR count). The first kappa shape index (κ1) is 17.1. The molecule has 1 aliphatic heterocycles. The molecule has 1 aliphatic rings. The second-order valence-electron chi connectivity index (χ2n) is 6.04. The van der Waals surface area contributed by atoms with Crippen LogP contribution in [0.25, 0.3) is 21.6 Å². The smallest absolute Gasteiger partial charge is 0.224 e. The molecule has 1 unspecified atom stereocenters. The Morgan fingerprint density at radius 2 is 2.23 bits per heavy atom. The van der Waals surface area contributed by atoms with E-state index in [4.69, 9.17) is 0 Å². The van der Waals surface area contributed by atoms with E-state index in [-0.39, 0.29) is 29.8 Å². The Bertz CT molecular complexity index is 968. The predicted octanol–water partition coefficient (Wildman–Crippen LogP) is 4.60. The van der Waals surface area contributed by atoms with Gasteiger partial charge in [-0.3, -0.25) is 9.59 Å². The highest BCUT2D eigenvalue weighted by Gasteiger charge is 2.20. The third-order valence-corrected chi connectivity index (χ3v) is 6.18. The van der Waals surface area contributed by atoms with Gasteiger partial charge in [0.15, 0.2) is 0 Å². The summed E-state index contributed by atoms with van der Waals surface area (Å²) in [7, 11) is 0. The number of rotatable bonds is 6. The first-order valence-corrected chi connectivity index (χ1v) is 10.2. The maximum Gasteiger partial charge on any atom is 0.224 e. The maximum absolute atomic E-state index is 12.3. The monoisotopic (exact) mass is 383 g/mol. The number of nitrogens with zero attached hydrogens (tertiary/aromatic N) is 1. The number of hydrogen-bond donors (Lipinski definition) is 2. The molecular weight excluding hydrogens is 366 g/mol. The van der Waals surface area contributed by atoms with Crippen molar-refractivity contribution in [3.05, 3.63) is 47.3 Å². The van der Waals surface area contributed by atoms with Gasteiger partial charge in [-0.2, -0.15) is 0 Å². The molecule has 0 fully saturated rings. The average Bonchev–Trinajstić information content (AvgIpc) is 3.40. The Balaban J connectivity index is 1.44. The molecule has 1 aromatic carbocycles. The van der Waals surface area contributed by atoms with E-state index in [0.29, 0.717) is 0 Å². The Kier molecular flexibility index (Phi) is 4.90. The lowest BCUT2D eigenvalue weighted by atomic mass is 10.1. The summed E-state index contributed by atoms with van der Waals surface area (Å²) in [5, 5.41) is 8.71. The molecule has 0 saturated carbocycles. The van der Waals surface area contributed by atoms with Gasteiger partial charge < -0.3 is 10.3 Å². The molecule has 0 bridgehead atoms. The number of anilines is 1. The number of H-pyrrole nitrogens is 1. The van der Waals surface area contributed by atoms with Crippen molar-refractivity contribution in [3.63, 3.8) is 0 Å². The molecule has 0 aliphatic carbocycles. The molecule has 2 N–H and O–H groups in total. The molecular formula is C19H17N3O2S2. The van der Waals surface area contributed by atoms with Crippen molar-refractivity contribution in [2.75, 3.05) is 5.32 Å². The molecule has 2 aromatic heterocycles. The van der Waals surface area contributed by atoms with Crippen molar-refractivity contribution < 1.29 is 9.59 Å². The zero-order valence-electron chi connectivity index (χ0n) is 13.9. The number of nitrogens with one attached hydrogen (secondary N) is 2. The molecule has 0 saturated heterocycles. The number of thiazole rings is 1. The number of Topliss-reactive ketones (excluding diaryl/α,β-unsaturated/α-hetero) is 1. The number of carbonyl (C=O) groups excluding carboxylic acids is 2. The lowest BCUT2D eigenvalue weighted by Crippen LogP contribution is -2.18. The number of fused-ring (bicyclic) bond motifs is 1. The van der Waals surface area contributed by atoms with Gasteiger partial charge in [-0.25, -0.2) is 4.98 Å². The molecule has 0 spiro atoms. The van der Waals surface area contributed by atoms with Crippen LogP contribution in [0.5, 0.6) is 0 Å². The number of carbonyl (C=O) groups is 2. The molecule has 7 heteroatoms. The van der Waals surface area contributed by atoms with Gasteiger partial charge in [0.2, 0.25) is 5.91 Å². The van der Waals surface area contributed by atoms with Gasteiger partial charge >= 0.3 is 0 Å². The van der Waals surface area contributed by atoms with Gasteiger partial charge in [0.05, 0.1) is 22.1 Å². The minimum absolute atomic E-state index is 0.0181. The number of amides is 1. The molecule has 3 aromatic rings. The lowest BCUT2D eigenvalue weighted by molar-refractivity contribution is -0.122. The van der Waals surface area contributed by atoms with Gasteiger partial charge in [-0.15, -0.1) is 23.1 Å². The third-order valence-electron chi connectivity index (χ3n) is 4.24. The highest BCUT2D eigenvalue weighted by molar-refractivity contribution is 8.03. The van der Waals surface area contributed by atoms with Crippen LogP contribution >= 0.6 is 23.1 Å². The second kappa shape index (κ2) is 7.47. The Morgan fingerprint density at radius 3 is 3.00 bits per heavy atom. The summed E-state index contributed by atoms with van der Waals surface area (Å²) in [6, 6.07) is 7.79. The fraction of sp³-hybridized carbons (Fsp3) is 0.211. The SMILES string of the molecule is O=C(CCC(=O)C1CC=CS1)Nc1cccc2cc(-c3nccs3)[nH]c12. The quantitative estimate of drug-likeness (QED) is 0.652. The molecule has 1 amide bonds. The standard InChI is InChI=1S/C19H17N3O2S2/c23-15(16-5-2-9-25-16)6-7-17(24)21-13-4-1-3-12-11-14(22-18(12)13)19-20-8-10-26-19/h1-4,8-11,16,22H,5-7H2,(H,21,24). The summed E-state index contributed by atoms with van der Waals surface area (Å²) in [6.45, 7) is 0. The maximum atomic E-state index is 12.3. The van der Waals surface area contributed by atoms with E-state index in [0.717, 1.165) is 33.7 Å². The molecule has 0 radical (unpaired) electrons. The Hall–Kier alpha value is -2.38. The summed E-state index contributed by atoms with van der Waals surface area (Å²) in [5.41, 5.74) is 2.52. The van der Waals surface area contributed by atoms with E-state index < -0.39 is 0 Å². The number of para-hydroxylation sites is 1. The predicted molar refractivity (Wildman–Crippen MR) is 107 cm³/mol. The minimum Gasteiger partial charge on any atom is -0.351 e. The number of ketones is 1. The average molecular weight is 383 g/mol. The zero-order chi connectivity index (χ0) is 17.9. The molecule has 5 nitrogen and oxygen atoms in total. The first-order valence-electron chi connectivity index (χ1n) is 8.35. The van der Waals surface area contributed by atoms with Gasteiger partial charge in [0.1, 0.15) is 10.8 Å². The van der Waals surface area contributed by atoms with Crippen molar-refractivity contribution in [2.45, 2.75) is 24.5 Å². The Labute approximate surface area is 158 Å². The van der Waals surface area contributed by atoms with Crippen LogP contribution in [-0.2, 0) is 9.59 Å². The summed E-state index contributed by atoms with van der Waals surface area (Å²) in [6.07, 6.45) is 5.01. The number of allylic oxidation sites excluding steroid dienone is 1. The fourth-order valence-corrected chi connectivity index (χ4v) is 4.45. The van der Waals surface area contributed by atoms with E-state index in [1.807, 2.05) is 41.1 Å². The third kappa shape index (κ3) is 3.59. The summed E-state index contributed by atoms with van der Waals surface area (Å²) < 4.78 is 0. The van der Waals surface area contributed by atoms with Crippen molar-refractivity contribution in [2.24, 2.45) is 0 Å². The van der Waals surface area contributed by atoms with Crippen molar-refractivity contribution in [1.29, 1.82) is 0 Å². The van der Waals surface area contributed by atoms with E-state index >= 15 is 0 Å². The van der Waals surface area contributed by atoms with E-state index in [9.17, 15) is 9.59 Å². The van der Waals surface area contributed by atoms with E-state index in [1.165, 1.54) is 11.8 Å². The minimum atomic E-state index is -0.146. The molecule has 3 heterocycles. The van der Waals surface area contributed by atoms with Crippen molar-refractivity contribution >= 4 is 51.4 Å². The summed E-state index contributed by atoms with van der Waals surface area (Å²) >= 11 is 3.10. The lowest BCUT2D eigenvalue weighted by Gasteiger charge is -2.08. The molecule has 26 heavy (non-hydrogen) atoms. The van der Waals surface area contributed by atoms with E-state index in [2.05, 4.69) is 15.3 Å². The highest BCUT2D eigenvalue weighted by atomic mass is 32.2. The van der Waals surface area contributed by atoms with Crippen LogP contribution in [0, 0.1) is 0 Å². The number of thioether (sulfide) groups is 1. The van der Waals surface area contributed by atoms with Gasteiger partial charge in [0.25, 0.3) is 0 Å². The highest BCUT2D eigenvalue weighted by Crippen LogP contribution is 2.30. The van der Waals surface area contributed by atoms with Crippen LogP contribution < -0.4 is 5.32 Å². The van der Waals surface area contributed by atoms with Crippen molar-refractivity contribution in [1.82, 2.24) is 9.97 Å². The van der Waals surface area contributed by atoms with E-state index in [1.54, 1.807) is 17.5 Å². The summed E-state index contributed by atoms with van der Waals surface area (Å²) in [5.74, 6) is -0.00788. The second-order valence-corrected chi connectivity index (χ2v) is 8.04. The molecule has 1 atom stereocenters. The zero-order valence-corrected chi connectivity index (χ0v) is 15.5. The van der Waals surface area contributed by atoms with Crippen LogP contribution in [0.3, 0.4) is 0 Å². The van der Waals surface area contributed by atoms with Crippen LogP contribution in [-0.4, -0.2) is 26.9 Å². The normalized spacial score (nSPS) is 16.2. The largest absolute Gasteiger partial charge is 0.351 e. The van der Waals surface area contributed by atoms with Crippen LogP contribution in [0.1, 0.15) is 19.3 Å². The number of aromatic amines is 1. The fourth-order valence-electron chi connectivity index (χ4n) is 2.93. The topological polar surface area (TPSA) is 74.8 Å². The van der Waals surface area contributed by atoms with Crippen LogP contribution in [0.2, 0.25) is 0 Å². The van der Waals surface area contributed by atoms with Crippen LogP contribution in [0.15, 0.2) is 47.3 Å². The summed E-state index contributed by atoms with van der Waals surface area (Å²) in [4.78, 5) is 32.0. The van der Waals surface area contributed by atoms with Gasteiger partial charge in [0, 0.05) is 29.8 Å². The van der Waals surface area contributed by atoms with Gasteiger partial charge in [-0.05, 0) is 24.0 Å². The van der Waals surface area contributed by atoms with Crippen LogP contribution in [0.4, 0.5) is 5.69 Å². The first-order chi connectivity index (χ1) is 12.7.